The van der Waals surface area contributed by atoms with Crippen LogP contribution in [-0.2, 0) is 16.0 Å². The Bertz CT molecular complexity index is 1300. The van der Waals surface area contributed by atoms with E-state index in [4.69, 9.17) is 5.73 Å². The maximum absolute atomic E-state index is 14.1. The highest BCUT2D eigenvalue weighted by Crippen LogP contribution is 2.34. The summed E-state index contributed by atoms with van der Waals surface area (Å²) in [7, 11) is -3.79. The molecule has 2 saturated heterocycles. The monoisotopic (exact) mass is 544 g/mol. The van der Waals surface area contributed by atoms with E-state index >= 15 is 0 Å². The van der Waals surface area contributed by atoms with Gasteiger partial charge in [-0.1, -0.05) is 13.8 Å². The zero-order valence-corrected chi connectivity index (χ0v) is 21.4. The van der Waals surface area contributed by atoms with E-state index in [9.17, 15) is 30.8 Å². The van der Waals surface area contributed by atoms with Crippen molar-refractivity contribution in [2.45, 2.75) is 37.0 Å². The van der Waals surface area contributed by atoms with Crippen LogP contribution < -0.4 is 15.5 Å². The number of piperazine rings is 1. The number of anilines is 2. The highest BCUT2D eigenvalue weighted by molar-refractivity contribution is 7.90. The first-order valence-electron chi connectivity index (χ1n) is 11.7. The summed E-state index contributed by atoms with van der Waals surface area (Å²) in [6, 6.07) is 3.20. The lowest BCUT2D eigenvalue weighted by Crippen LogP contribution is -2.58. The van der Waals surface area contributed by atoms with Crippen molar-refractivity contribution in [3.63, 3.8) is 0 Å². The number of alkyl halides is 3. The SMILES string of the molecule is CC(C)[C@@H]1CN(c2ccc(F)c(S(C)(=O)=O)c2)CCN1c1ncc(C(=O)N2CC(N)C2)c(C(F)(F)F)n1. The molecule has 14 heteroatoms. The molecular formula is C23H28F4N6O3S. The van der Waals surface area contributed by atoms with Crippen LogP contribution in [0.5, 0.6) is 0 Å². The number of aromatic nitrogens is 2. The Balaban J connectivity index is 1.64. The van der Waals surface area contributed by atoms with Crippen LogP contribution in [-0.4, -0.2) is 80.3 Å². The van der Waals surface area contributed by atoms with Crippen molar-refractivity contribution < 1.29 is 30.8 Å². The van der Waals surface area contributed by atoms with E-state index in [1.165, 1.54) is 17.0 Å². The normalized spacial score (nSPS) is 19.4. The van der Waals surface area contributed by atoms with Crippen molar-refractivity contribution in [3.8, 4) is 0 Å². The Morgan fingerprint density at radius 2 is 1.84 bits per heavy atom. The van der Waals surface area contributed by atoms with Crippen LogP contribution in [0.4, 0.5) is 29.2 Å². The minimum Gasteiger partial charge on any atom is -0.368 e. The fraction of sp³-hybridized carbons (Fsp3) is 0.522. The number of benzene rings is 1. The Kier molecular flexibility index (Phi) is 7.10. The molecule has 3 heterocycles. The van der Waals surface area contributed by atoms with Crippen molar-refractivity contribution in [1.82, 2.24) is 14.9 Å². The Hall–Kier alpha value is -3.00. The fourth-order valence-corrected chi connectivity index (χ4v) is 5.33. The molecule has 0 saturated carbocycles. The molecule has 0 bridgehead atoms. The van der Waals surface area contributed by atoms with Crippen molar-refractivity contribution in [2.24, 2.45) is 11.7 Å². The van der Waals surface area contributed by atoms with E-state index < -0.39 is 43.9 Å². The van der Waals surface area contributed by atoms with Gasteiger partial charge in [-0.25, -0.2) is 22.8 Å². The molecule has 1 atom stereocenters. The Morgan fingerprint density at radius 1 is 1.16 bits per heavy atom. The standard InChI is InChI=1S/C23H28F4N6O3S/c1-13(2)18-12-31(15-4-5-17(24)19(8-15)37(3,35)36)6-7-33(18)22-29-9-16(20(30-22)23(25,26)27)21(34)32-10-14(28)11-32/h4-5,8-9,13-14,18H,6-7,10-12,28H2,1-3H3/t18-/m0/s1. The van der Waals surface area contributed by atoms with Gasteiger partial charge in [-0.05, 0) is 24.1 Å². The van der Waals surface area contributed by atoms with Crippen molar-refractivity contribution in [1.29, 1.82) is 0 Å². The molecule has 9 nitrogen and oxygen atoms in total. The quantitative estimate of drug-likeness (QED) is 0.570. The van der Waals surface area contributed by atoms with E-state index in [2.05, 4.69) is 9.97 Å². The van der Waals surface area contributed by atoms with Crippen LogP contribution >= 0.6 is 0 Å². The van der Waals surface area contributed by atoms with Gasteiger partial charge in [0.1, 0.15) is 10.7 Å². The van der Waals surface area contributed by atoms with Crippen LogP contribution in [0.25, 0.3) is 0 Å². The largest absolute Gasteiger partial charge is 0.434 e. The molecule has 202 valence electrons. The molecule has 1 aromatic carbocycles. The third-order valence-corrected chi connectivity index (χ3v) is 7.71. The van der Waals surface area contributed by atoms with Crippen molar-refractivity contribution in [3.05, 3.63) is 41.5 Å². The topological polar surface area (TPSA) is 113 Å². The molecule has 0 unspecified atom stereocenters. The molecule has 0 spiro atoms. The van der Waals surface area contributed by atoms with Crippen LogP contribution in [0.3, 0.4) is 0 Å². The third kappa shape index (κ3) is 5.49. The van der Waals surface area contributed by atoms with Gasteiger partial charge in [-0.15, -0.1) is 0 Å². The summed E-state index contributed by atoms with van der Waals surface area (Å²) >= 11 is 0. The lowest BCUT2D eigenvalue weighted by molar-refractivity contribution is -0.141. The number of nitrogens with two attached hydrogens (primary N) is 1. The lowest BCUT2D eigenvalue weighted by Gasteiger charge is -2.44. The maximum Gasteiger partial charge on any atom is 0.434 e. The fourth-order valence-electron chi connectivity index (χ4n) is 4.57. The van der Waals surface area contributed by atoms with Gasteiger partial charge in [0.2, 0.25) is 5.95 Å². The molecule has 1 amide bonds. The summed E-state index contributed by atoms with van der Waals surface area (Å²) in [4.78, 5) is 24.9. The van der Waals surface area contributed by atoms with Gasteiger partial charge in [0.15, 0.2) is 15.5 Å². The summed E-state index contributed by atoms with van der Waals surface area (Å²) in [5.74, 6) is -1.88. The van der Waals surface area contributed by atoms with Crippen LogP contribution in [0.1, 0.15) is 29.9 Å². The molecule has 2 aliphatic heterocycles. The molecule has 2 fully saturated rings. The predicted octanol–water partition coefficient (Wildman–Crippen LogP) is 2.17. The summed E-state index contributed by atoms with van der Waals surface area (Å²) < 4.78 is 79.8. The smallest absolute Gasteiger partial charge is 0.368 e. The average Bonchev–Trinajstić information content (AvgIpc) is 2.80. The van der Waals surface area contributed by atoms with Gasteiger partial charge in [0, 0.05) is 56.9 Å². The number of rotatable bonds is 5. The second-order valence-corrected chi connectivity index (χ2v) is 11.7. The van der Waals surface area contributed by atoms with Crippen molar-refractivity contribution >= 4 is 27.4 Å². The van der Waals surface area contributed by atoms with Gasteiger partial charge in [0.05, 0.1) is 11.6 Å². The summed E-state index contributed by atoms with van der Waals surface area (Å²) in [6.07, 6.45) is -3.04. The molecule has 0 radical (unpaired) electrons. The number of nitrogens with zero attached hydrogens (tertiary/aromatic N) is 5. The Labute approximate surface area is 212 Å². The first kappa shape index (κ1) is 27.0. The maximum atomic E-state index is 14.1. The second kappa shape index (κ2) is 9.71. The molecule has 2 aliphatic rings. The van der Waals surface area contributed by atoms with Crippen molar-refractivity contribution in [2.75, 3.05) is 48.8 Å². The van der Waals surface area contributed by atoms with Crippen LogP contribution in [0.2, 0.25) is 0 Å². The van der Waals surface area contributed by atoms with Gasteiger partial charge in [-0.3, -0.25) is 4.79 Å². The molecule has 37 heavy (non-hydrogen) atoms. The molecular weight excluding hydrogens is 516 g/mol. The number of hydrogen-bond acceptors (Lipinski definition) is 8. The number of carbonyl (C=O) groups is 1. The highest BCUT2D eigenvalue weighted by Gasteiger charge is 2.42. The summed E-state index contributed by atoms with van der Waals surface area (Å²) in [6.45, 7) is 4.95. The number of sulfone groups is 1. The third-order valence-electron chi connectivity index (χ3n) is 6.60. The number of halogens is 4. The zero-order valence-electron chi connectivity index (χ0n) is 20.5. The number of hydrogen-bond donors (Lipinski definition) is 1. The van der Waals surface area contributed by atoms with Crippen LogP contribution in [0, 0.1) is 11.7 Å². The number of carbonyl (C=O) groups excluding carboxylic acids is 1. The number of amides is 1. The van der Waals surface area contributed by atoms with E-state index in [0.29, 0.717) is 18.8 Å². The average molecular weight is 545 g/mol. The summed E-state index contributed by atoms with van der Waals surface area (Å²) in [5, 5.41) is 0. The van der Waals surface area contributed by atoms with Gasteiger partial charge in [0.25, 0.3) is 5.91 Å². The van der Waals surface area contributed by atoms with Gasteiger partial charge < -0.3 is 20.4 Å². The minimum absolute atomic E-state index is 0.0561. The molecule has 2 aromatic rings. The molecule has 1 aromatic heterocycles. The van der Waals surface area contributed by atoms with E-state index in [1.807, 2.05) is 18.7 Å². The first-order valence-corrected chi connectivity index (χ1v) is 13.6. The van der Waals surface area contributed by atoms with E-state index in [1.54, 1.807) is 4.90 Å². The van der Waals surface area contributed by atoms with E-state index in [-0.39, 0.29) is 43.6 Å². The zero-order chi connectivity index (χ0) is 27.3. The summed E-state index contributed by atoms with van der Waals surface area (Å²) in [5.41, 5.74) is 4.22. The van der Waals surface area contributed by atoms with Gasteiger partial charge in [-0.2, -0.15) is 13.2 Å². The molecule has 2 N–H and O–H groups in total. The lowest BCUT2D eigenvalue weighted by atomic mass is 9.99. The predicted molar refractivity (Wildman–Crippen MR) is 129 cm³/mol. The second-order valence-electron chi connectivity index (χ2n) is 9.74. The van der Waals surface area contributed by atoms with E-state index in [0.717, 1.165) is 18.5 Å². The number of likely N-dealkylation sites (tertiary alicyclic amines) is 1. The molecule has 0 aliphatic carbocycles. The molecule has 4 rings (SSSR count). The Morgan fingerprint density at radius 3 is 2.41 bits per heavy atom. The minimum atomic E-state index is -4.87. The van der Waals surface area contributed by atoms with Gasteiger partial charge >= 0.3 is 6.18 Å². The first-order chi connectivity index (χ1) is 17.2. The highest BCUT2D eigenvalue weighted by atomic mass is 32.2. The van der Waals surface area contributed by atoms with Crippen LogP contribution in [0.15, 0.2) is 29.3 Å².